The van der Waals surface area contributed by atoms with Crippen LogP contribution in [-0.2, 0) is 10.0 Å². The van der Waals surface area contributed by atoms with Crippen molar-refractivity contribution in [2.45, 2.75) is 44.4 Å². The van der Waals surface area contributed by atoms with Gasteiger partial charge in [0, 0.05) is 40.8 Å². The Labute approximate surface area is 234 Å². The molecule has 0 unspecified atom stereocenters. The molecule has 11 heteroatoms. The molecule has 0 aliphatic carbocycles. The summed E-state index contributed by atoms with van der Waals surface area (Å²) in [5.74, 6) is 0.337. The van der Waals surface area contributed by atoms with E-state index in [1.807, 2.05) is 35.0 Å². The summed E-state index contributed by atoms with van der Waals surface area (Å²) in [5.41, 5.74) is 3.27. The first-order valence-electron chi connectivity index (χ1n) is 13.3. The van der Waals surface area contributed by atoms with Crippen LogP contribution in [-0.4, -0.2) is 64.7 Å². The number of carbonyl (C=O) groups excluding carboxylic acids is 1. The third-order valence-corrected chi connectivity index (χ3v) is 9.18. The molecule has 3 heterocycles. The SMILES string of the molecule is CN1CCC(NC(=O)c2ccc(Nc3ncc4ccn(-c5cccc(NS(=O)(=O)C(C)(C)C)c5)c4n3)cc2)CC1. The van der Waals surface area contributed by atoms with Crippen LogP contribution >= 0.6 is 0 Å². The second-order valence-corrected chi connectivity index (χ2v) is 13.6. The Morgan fingerprint density at radius 1 is 1.00 bits per heavy atom. The maximum atomic E-state index is 12.7. The third-order valence-electron chi connectivity index (χ3n) is 7.07. The summed E-state index contributed by atoms with van der Waals surface area (Å²) in [5, 5.41) is 7.19. The molecule has 3 N–H and O–H groups in total. The Hall–Kier alpha value is -3.96. The molecule has 5 rings (SSSR count). The Kier molecular flexibility index (Phi) is 7.52. The topological polar surface area (TPSA) is 121 Å². The van der Waals surface area contributed by atoms with Crippen molar-refractivity contribution in [2.75, 3.05) is 30.2 Å². The van der Waals surface area contributed by atoms with Gasteiger partial charge < -0.3 is 20.1 Å². The zero-order valence-corrected chi connectivity index (χ0v) is 24.0. The number of carbonyl (C=O) groups is 1. The van der Waals surface area contributed by atoms with Gasteiger partial charge in [0.1, 0.15) is 5.65 Å². The molecule has 0 saturated carbocycles. The summed E-state index contributed by atoms with van der Waals surface area (Å²) in [4.78, 5) is 24.1. The van der Waals surface area contributed by atoms with Gasteiger partial charge in [0.25, 0.3) is 5.91 Å². The lowest BCUT2D eigenvalue weighted by molar-refractivity contribution is 0.0917. The number of nitrogens with zero attached hydrogens (tertiary/aromatic N) is 4. The lowest BCUT2D eigenvalue weighted by atomic mass is 10.0. The number of piperidine rings is 1. The van der Waals surface area contributed by atoms with Gasteiger partial charge in [-0.15, -0.1) is 0 Å². The fraction of sp³-hybridized carbons (Fsp3) is 0.345. The molecule has 1 amide bonds. The average Bonchev–Trinajstić information content (AvgIpc) is 3.33. The maximum absolute atomic E-state index is 12.7. The lowest BCUT2D eigenvalue weighted by Gasteiger charge is -2.29. The molecule has 0 bridgehead atoms. The van der Waals surface area contributed by atoms with Crippen LogP contribution in [0, 0.1) is 0 Å². The lowest BCUT2D eigenvalue weighted by Crippen LogP contribution is -2.43. The van der Waals surface area contributed by atoms with E-state index >= 15 is 0 Å². The number of rotatable bonds is 7. The van der Waals surface area contributed by atoms with Gasteiger partial charge >= 0.3 is 0 Å². The van der Waals surface area contributed by atoms with Gasteiger partial charge in [-0.1, -0.05) is 6.07 Å². The van der Waals surface area contributed by atoms with Gasteiger partial charge in [-0.05, 0) is 102 Å². The van der Waals surface area contributed by atoms with E-state index in [0.29, 0.717) is 22.8 Å². The Balaban J connectivity index is 1.31. The van der Waals surface area contributed by atoms with Gasteiger partial charge in [-0.3, -0.25) is 9.52 Å². The largest absolute Gasteiger partial charge is 0.349 e. The van der Waals surface area contributed by atoms with Gasteiger partial charge in [0.05, 0.1) is 10.4 Å². The smallest absolute Gasteiger partial charge is 0.251 e. The van der Waals surface area contributed by atoms with Crippen LogP contribution < -0.4 is 15.4 Å². The minimum Gasteiger partial charge on any atom is -0.349 e. The highest BCUT2D eigenvalue weighted by Crippen LogP contribution is 2.25. The van der Waals surface area contributed by atoms with Crippen molar-refractivity contribution in [3.8, 4) is 5.69 Å². The number of anilines is 3. The number of benzene rings is 2. The monoisotopic (exact) mass is 561 g/mol. The molecule has 1 aliphatic heterocycles. The summed E-state index contributed by atoms with van der Waals surface area (Å²) >= 11 is 0. The number of aromatic nitrogens is 3. The molecule has 2 aromatic carbocycles. The maximum Gasteiger partial charge on any atom is 0.251 e. The first-order chi connectivity index (χ1) is 19.0. The predicted molar refractivity (Wildman–Crippen MR) is 159 cm³/mol. The van der Waals surface area contributed by atoms with Crippen LogP contribution in [0.25, 0.3) is 16.7 Å². The minimum atomic E-state index is -3.56. The number of nitrogens with one attached hydrogen (secondary N) is 3. The van der Waals surface area contributed by atoms with E-state index in [1.165, 1.54) is 0 Å². The predicted octanol–water partition coefficient (Wildman–Crippen LogP) is 4.53. The van der Waals surface area contributed by atoms with Crippen LogP contribution in [0.5, 0.6) is 0 Å². The van der Waals surface area contributed by atoms with E-state index in [9.17, 15) is 13.2 Å². The molecule has 1 aliphatic rings. The molecule has 10 nitrogen and oxygen atoms in total. The van der Waals surface area contributed by atoms with Crippen molar-refractivity contribution in [3.63, 3.8) is 0 Å². The molecule has 0 atom stereocenters. The molecule has 210 valence electrons. The van der Waals surface area contributed by atoms with E-state index in [-0.39, 0.29) is 11.9 Å². The molecular weight excluding hydrogens is 526 g/mol. The number of hydrogen-bond donors (Lipinski definition) is 3. The fourth-order valence-corrected chi connectivity index (χ4v) is 5.21. The number of fused-ring (bicyclic) bond motifs is 1. The minimum absolute atomic E-state index is 0.0661. The normalized spacial score (nSPS) is 15.2. The van der Waals surface area contributed by atoms with Crippen molar-refractivity contribution in [3.05, 3.63) is 72.6 Å². The van der Waals surface area contributed by atoms with Crippen molar-refractivity contribution < 1.29 is 13.2 Å². The highest BCUT2D eigenvalue weighted by molar-refractivity contribution is 7.94. The molecule has 40 heavy (non-hydrogen) atoms. The molecular formula is C29H35N7O3S. The average molecular weight is 562 g/mol. The number of hydrogen-bond acceptors (Lipinski definition) is 7. The van der Waals surface area contributed by atoms with Crippen molar-refractivity contribution in [2.24, 2.45) is 0 Å². The highest BCUT2D eigenvalue weighted by atomic mass is 32.2. The molecule has 0 spiro atoms. The molecule has 1 fully saturated rings. The number of likely N-dealkylation sites (tertiary alicyclic amines) is 1. The quantitative estimate of drug-likeness (QED) is 0.303. The van der Waals surface area contributed by atoms with E-state index in [2.05, 4.69) is 32.3 Å². The number of amides is 1. The molecule has 2 aromatic heterocycles. The Bertz CT molecular complexity index is 1620. The van der Waals surface area contributed by atoms with Crippen molar-refractivity contribution >= 4 is 44.3 Å². The van der Waals surface area contributed by atoms with Crippen molar-refractivity contribution in [1.82, 2.24) is 24.8 Å². The second-order valence-electron chi connectivity index (χ2n) is 11.2. The van der Waals surface area contributed by atoms with Gasteiger partial charge in [0.2, 0.25) is 16.0 Å². The summed E-state index contributed by atoms with van der Waals surface area (Å²) in [6.45, 7) is 6.94. The second kappa shape index (κ2) is 10.9. The summed E-state index contributed by atoms with van der Waals surface area (Å²) < 4.78 is 28.9. The standard InChI is InChI=1S/C29H35N7O3S/c1-29(2,3)40(38,39)34-24-6-5-7-25(18-24)36-17-12-21-19-30-28(33-26(21)36)32-22-10-8-20(9-11-22)27(37)31-23-13-15-35(4)16-14-23/h5-12,17-19,23,34H,13-16H2,1-4H3,(H,31,37)(H,30,32,33). The van der Waals surface area contributed by atoms with Crippen LogP contribution in [0.15, 0.2) is 67.0 Å². The molecule has 4 aromatic rings. The van der Waals surface area contributed by atoms with Gasteiger partial charge in [0.15, 0.2) is 0 Å². The fourth-order valence-electron chi connectivity index (χ4n) is 4.47. The summed E-state index contributed by atoms with van der Waals surface area (Å²) in [7, 11) is -1.46. The Morgan fingerprint density at radius 3 is 2.42 bits per heavy atom. The van der Waals surface area contributed by atoms with Gasteiger partial charge in [-0.2, -0.15) is 4.98 Å². The first kappa shape index (κ1) is 27.6. The zero-order chi connectivity index (χ0) is 28.5. The number of sulfonamides is 1. The first-order valence-corrected chi connectivity index (χ1v) is 14.8. The molecule has 1 saturated heterocycles. The van der Waals surface area contributed by atoms with Crippen LogP contribution in [0.4, 0.5) is 17.3 Å². The zero-order valence-electron chi connectivity index (χ0n) is 23.2. The summed E-state index contributed by atoms with van der Waals surface area (Å²) in [6, 6.07) is 16.5. The van der Waals surface area contributed by atoms with Crippen LogP contribution in [0.3, 0.4) is 0 Å². The van der Waals surface area contributed by atoms with E-state index in [1.54, 1.807) is 57.3 Å². The van der Waals surface area contributed by atoms with Gasteiger partial charge in [-0.25, -0.2) is 13.4 Å². The summed E-state index contributed by atoms with van der Waals surface area (Å²) in [6.07, 6.45) is 5.52. The van der Waals surface area contributed by atoms with Crippen LogP contribution in [0.2, 0.25) is 0 Å². The van der Waals surface area contributed by atoms with Crippen LogP contribution in [0.1, 0.15) is 44.0 Å². The highest BCUT2D eigenvalue weighted by Gasteiger charge is 2.29. The van der Waals surface area contributed by atoms with Crippen molar-refractivity contribution in [1.29, 1.82) is 0 Å². The van der Waals surface area contributed by atoms with E-state index in [4.69, 9.17) is 4.98 Å². The third kappa shape index (κ3) is 6.10. The molecule has 0 radical (unpaired) electrons. The Morgan fingerprint density at radius 2 is 1.73 bits per heavy atom. The van der Waals surface area contributed by atoms with E-state index in [0.717, 1.165) is 42.7 Å². The van der Waals surface area contributed by atoms with E-state index < -0.39 is 14.8 Å².